The molecule has 2 unspecified atom stereocenters. The largest absolute Gasteiger partial charge is 0.481 e. The molecule has 0 saturated carbocycles. The van der Waals surface area contributed by atoms with Gasteiger partial charge in [-0.2, -0.15) is 0 Å². The van der Waals surface area contributed by atoms with Crippen molar-refractivity contribution in [2.24, 2.45) is 5.73 Å². The molecule has 1 aliphatic rings. The lowest BCUT2D eigenvalue weighted by molar-refractivity contribution is -0.156. The number of carboxylic acids is 2. The third-order valence-corrected chi connectivity index (χ3v) is 3.35. The topological polar surface area (TPSA) is 121 Å². The molecular weight excluding hydrogens is 240 g/mol. The minimum Gasteiger partial charge on any atom is -0.481 e. The van der Waals surface area contributed by atoms with E-state index in [0.717, 1.165) is 0 Å². The lowest BCUT2D eigenvalue weighted by Crippen LogP contribution is -2.55. The number of hydrogen-bond donors (Lipinski definition) is 3. The van der Waals surface area contributed by atoms with Crippen molar-refractivity contribution in [3.63, 3.8) is 0 Å². The fourth-order valence-corrected chi connectivity index (χ4v) is 2.14. The molecule has 0 aromatic carbocycles. The molecule has 1 rings (SSSR count). The zero-order valence-electron chi connectivity index (χ0n) is 10.3. The Balaban J connectivity index is 2.71. The number of hydrogen-bond acceptors (Lipinski definition) is 4. The Hall–Kier alpha value is -1.63. The zero-order valence-corrected chi connectivity index (χ0v) is 10.3. The Morgan fingerprint density at radius 1 is 1.39 bits per heavy atom. The van der Waals surface area contributed by atoms with E-state index in [1.807, 2.05) is 0 Å². The molecule has 4 N–H and O–H groups in total. The quantitative estimate of drug-likeness (QED) is 0.619. The standard InChI is InChI=1S/C11H18N2O5/c1-11(10(17)18)5-2-6-13(11)9(16)7(12)3-4-8(14)15/h7H,2-6,12H2,1H3,(H,14,15)(H,17,18). The lowest BCUT2D eigenvalue weighted by atomic mass is 9.98. The number of amides is 1. The SMILES string of the molecule is CC1(C(=O)O)CCCN1C(=O)C(N)CCC(=O)O. The fourth-order valence-electron chi connectivity index (χ4n) is 2.14. The van der Waals surface area contributed by atoms with Crippen LogP contribution >= 0.6 is 0 Å². The van der Waals surface area contributed by atoms with Crippen LogP contribution in [0.1, 0.15) is 32.6 Å². The van der Waals surface area contributed by atoms with Crippen molar-refractivity contribution in [1.82, 2.24) is 4.90 Å². The summed E-state index contributed by atoms with van der Waals surface area (Å²) in [5, 5.41) is 17.7. The molecule has 0 radical (unpaired) electrons. The van der Waals surface area contributed by atoms with Gasteiger partial charge in [-0.1, -0.05) is 0 Å². The van der Waals surface area contributed by atoms with Crippen molar-refractivity contribution in [3.05, 3.63) is 0 Å². The summed E-state index contributed by atoms with van der Waals surface area (Å²) in [5.74, 6) is -2.57. The maximum Gasteiger partial charge on any atom is 0.329 e. The minimum absolute atomic E-state index is 0.0143. The maximum absolute atomic E-state index is 12.0. The van der Waals surface area contributed by atoms with Crippen LogP contribution in [0.25, 0.3) is 0 Å². The van der Waals surface area contributed by atoms with Crippen molar-refractivity contribution in [3.8, 4) is 0 Å². The fraction of sp³-hybridized carbons (Fsp3) is 0.727. The van der Waals surface area contributed by atoms with E-state index < -0.39 is 29.4 Å². The number of carbonyl (C=O) groups is 3. The third kappa shape index (κ3) is 2.79. The smallest absolute Gasteiger partial charge is 0.329 e. The Bertz CT molecular complexity index is 370. The molecule has 0 aliphatic carbocycles. The van der Waals surface area contributed by atoms with Gasteiger partial charge in [0.2, 0.25) is 5.91 Å². The Kier molecular flexibility index (Phi) is 4.28. The van der Waals surface area contributed by atoms with Crippen LogP contribution in [-0.2, 0) is 14.4 Å². The molecule has 0 bridgehead atoms. The van der Waals surface area contributed by atoms with E-state index in [-0.39, 0.29) is 12.8 Å². The van der Waals surface area contributed by atoms with Gasteiger partial charge in [-0.15, -0.1) is 0 Å². The Morgan fingerprint density at radius 2 is 2.00 bits per heavy atom. The predicted octanol–water partition coefficient (Wildman–Crippen LogP) is -0.356. The zero-order chi connectivity index (χ0) is 13.9. The van der Waals surface area contributed by atoms with Crippen molar-refractivity contribution < 1.29 is 24.6 Å². The van der Waals surface area contributed by atoms with Gasteiger partial charge in [-0.25, -0.2) is 4.79 Å². The molecule has 0 aromatic heterocycles. The van der Waals surface area contributed by atoms with Gasteiger partial charge in [0, 0.05) is 13.0 Å². The van der Waals surface area contributed by atoms with E-state index in [2.05, 4.69) is 0 Å². The maximum atomic E-state index is 12.0. The van der Waals surface area contributed by atoms with Crippen LogP contribution in [0.4, 0.5) is 0 Å². The van der Waals surface area contributed by atoms with Gasteiger partial charge < -0.3 is 20.8 Å². The van der Waals surface area contributed by atoms with Gasteiger partial charge in [-0.05, 0) is 26.2 Å². The van der Waals surface area contributed by atoms with E-state index in [1.54, 1.807) is 0 Å². The number of rotatable bonds is 5. The second kappa shape index (κ2) is 5.34. The molecule has 0 spiro atoms. The first-order chi connectivity index (χ1) is 8.29. The summed E-state index contributed by atoms with van der Waals surface area (Å²) >= 11 is 0. The van der Waals surface area contributed by atoms with E-state index in [1.165, 1.54) is 11.8 Å². The van der Waals surface area contributed by atoms with Crippen LogP contribution < -0.4 is 5.73 Å². The van der Waals surface area contributed by atoms with Crippen molar-refractivity contribution in [2.75, 3.05) is 6.54 Å². The average Bonchev–Trinajstić information content (AvgIpc) is 2.68. The molecule has 102 valence electrons. The first kappa shape index (κ1) is 14.4. The van der Waals surface area contributed by atoms with E-state index >= 15 is 0 Å². The highest BCUT2D eigenvalue weighted by Gasteiger charge is 2.46. The second-order valence-corrected chi connectivity index (χ2v) is 4.71. The predicted molar refractivity (Wildman–Crippen MR) is 61.8 cm³/mol. The molecule has 1 fully saturated rings. The molecule has 1 heterocycles. The van der Waals surface area contributed by atoms with Crippen LogP contribution in [0.15, 0.2) is 0 Å². The summed E-state index contributed by atoms with van der Waals surface area (Å²) < 4.78 is 0. The summed E-state index contributed by atoms with van der Waals surface area (Å²) in [4.78, 5) is 34.9. The van der Waals surface area contributed by atoms with Crippen molar-refractivity contribution in [2.45, 2.75) is 44.2 Å². The van der Waals surface area contributed by atoms with Crippen LogP contribution in [0.3, 0.4) is 0 Å². The Morgan fingerprint density at radius 3 is 2.50 bits per heavy atom. The van der Waals surface area contributed by atoms with Crippen molar-refractivity contribution in [1.29, 1.82) is 0 Å². The third-order valence-electron chi connectivity index (χ3n) is 3.35. The number of nitrogens with zero attached hydrogens (tertiary/aromatic N) is 1. The van der Waals surface area contributed by atoms with Crippen molar-refractivity contribution >= 4 is 17.8 Å². The van der Waals surface area contributed by atoms with Crippen LogP contribution in [0.5, 0.6) is 0 Å². The Labute approximate surface area is 105 Å². The van der Waals surface area contributed by atoms with Gasteiger partial charge >= 0.3 is 11.9 Å². The highest BCUT2D eigenvalue weighted by Crippen LogP contribution is 2.29. The number of aliphatic carboxylic acids is 2. The van der Waals surface area contributed by atoms with Crippen LogP contribution in [0.2, 0.25) is 0 Å². The monoisotopic (exact) mass is 258 g/mol. The first-order valence-electron chi connectivity index (χ1n) is 5.81. The molecule has 1 amide bonds. The molecule has 1 aliphatic heterocycles. The first-order valence-corrected chi connectivity index (χ1v) is 5.81. The van der Waals surface area contributed by atoms with Crippen LogP contribution in [0, 0.1) is 0 Å². The minimum atomic E-state index is -1.22. The summed E-state index contributed by atoms with van der Waals surface area (Å²) in [6.45, 7) is 1.84. The molecule has 18 heavy (non-hydrogen) atoms. The number of likely N-dealkylation sites (tertiary alicyclic amines) is 1. The van der Waals surface area contributed by atoms with Gasteiger partial charge in [0.15, 0.2) is 0 Å². The molecule has 7 heteroatoms. The van der Waals surface area contributed by atoms with Gasteiger partial charge in [0.25, 0.3) is 0 Å². The van der Waals surface area contributed by atoms with Gasteiger partial charge in [-0.3, -0.25) is 9.59 Å². The summed E-state index contributed by atoms with van der Waals surface area (Å²) in [6.07, 6.45) is 0.810. The molecule has 7 nitrogen and oxygen atoms in total. The summed E-state index contributed by atoms with van der Waals surface area (Å²) in [6, 6.07) is -0.960. The lowest BCUT2D eigenvalue weighted by Gasteiger charge is -2.33. The van der Waals surface area contributed by atoms with E-state index in [0.29, 0.717) is 19.4 Å². The molecular formula is C11H18N2O5. The number of nitrogens with two attached hydrogens (primary N) is 1. The molecule has 0 aromatic rings. The second-order valence-electron chi connectivity index (χ2n) is 4.71. The van der Waals surface area contributed by atoms with Crippen LogP contribution in [-0.4, -0.2) is 51.1 Å². The highest BCUT2D eigenvalue weighted by molar-refractivity contribution is 5.90. The summed E-state index contributed by atoms with van der Waals surface area (Å²) in [5.41, 5.74) is 4.39. The average molecular weight is 258 g/mol. The van der Waals surface area contributed by atoms with Gasteiger partial charge in [0.1, 0.15) is 5.54 Å². The number of carboxylic acid groups (broad SMARTS) is 2. The highest BCUT2D eigenvalue weighted by atomic mass is 16.4. The van der Waals surface area contributed by atoms with E-state index in [9.17, 15) is 14.4 Å². The summed E-state index contributed by atoms with van der Waals surface area (Å²) in [7, 11) is 0. The molecule has 2 atom stereocenters. The molecule has 1 saturated heterocycles. The normalized spacial score (nSPS) is 24.9. The van der Waals surface area contributed by atoms with E-state index in [4.69, 9.17) is 15.9 Å². The number of carbonyl (C=O) groups excluding carboxylic acids is 1. The van der Waals surface area contributed by atoms with Gasteiger partial charge in [0.05, 0.1) is 6.04 Å².